The zero-order valence-electron chi connectivity index (χ0n) is 13.0. The number of allylic oxidation sites excluding steroid dienone is 2. The van der Waals surface area contributed by atoms with E-state index in [0.717, 1.165) is 6.42 Å². The molecule has 1 fully saturated rings. The zero-order chi connectivity index (χ0) is 14.3. The van der Waals surface area contributed by atoms with Crippen molar-refractivity contribution in [3.05, 3.63) is 52.6 Å². The third kappa shape index (κ3) is 1.27. The van der Waals surface area contributed by atoms with Crippen molar-refractivity contribution in [2.45, 2.75) is 52.2 Å². The van der Waals surface area contributed by atoms with Crippen molar-refractivity contribution in [2.75, 3.05) is 0 Å². The van der Waals surface area contributed by atoms with E-state index in [1.54, 1.807) is 0 Å². The van der Waals surface area contributed by atoms with Crippen LogP contribution in [0.4, 0.5) is 0 Å². The summed E-state index contributed by atoms with van der Waals surface area (Å²) < 4.78 is 6.31. The second kappa shape index (κ2) is 3.28. The summed E-state index contributed by atoms with van der Waals surface area (Å²) in [6.07, 6.45) is 3.46. The highest BCUT2D eigenvalue weighted by Crippen LogP contribution is 2.66. The second-order valence-corrected chi connectivity index (χ2v) is 7.70. The smallest absolute Gasteiger partial charge is 0.121 e. The van der Waals surface area contributed by atoms with Crippen LogP contribution in [0.2, 0.25) is 0 Å². The zero-order valence-corrected chi connectivity index (χ0v) is 13.0. The Morgan fingerprint density at radius 1 is 1.05 bits per heavy atom. The molecule has 2 unspecified atom stereocenters. The molecule has 1 nitrogen and oxygen atoms in total. The number of ether oxygens (including phenoxy) is 1. The molecule has 1 heterocycles. The molecule has 3 aliphatic rings. The fourth-order valence-corrected chi connectivity index (χ4v) is 4.23. The molecule has 0 radical (unpaired) electrons. The lowest BCUT2D eigenvalue weighted by Gasteiger charge is -2.32. The number of rotatable bonds is 0. The van der Waals surface area contributed by atoms with Gasteiger partial charge in [-0.15, -0.1) is 0 Å². The SMILES string of the molecule is CC(C)(C)C1=CC2=C(Cc3ccccc32)C2(C)OC12C. The van der Waals surface area contributed by atoms with E-state index in [1.165, 1.54) is 27.8 Å². The topological polar surface area (TPSA) is 12.5 Å². The minimum atomic E-state index is -0.105. The molecule has 20 heavy (non-hydrogen) atoms. The van der Waals surface area contributed by atoms with Crippen LogP contribution in [0.5, 0.6) is 0 Å². The van der Waals surface area contributed by atoms with Crippen molar-refractivity contribution >= 4 is 5.57 Å². The first kappa shape index (κ1) is 12.4. The summed E-state index contributed by atoms with van der Waals surface area (Å²) in [5.41, 5.74) is 7.12. The van der Waals surface area contributed by atoms with Crippen LogP contribution in [-0.4, -0.2) is 11.2 Å². The standard InChI is InChI=1S/C19H22O/c1-17(2,3)16-11-14-13-9-7-6-8-12(13)10-15(14)18(4)19(16,5)20-18/h6-9,11H,10H2,1-5H3. The Labute approximate surface area is 121 Å². The van der Waals surface area contributed by atoms with Crippen molar-refractivity contribution in [1.29, 1.82) is 0 Å². The first-order chi connectivity index (χ1) is 9.27. The summed E-state index contributed by atoms with van der Waals surface area (Å²) in [6, 6.07) is 8.79. The maximum absolute atomic E-state index is 6.31. The molecule has 1 saturated heterocycles. The average molecular weight is 266 g/mol. The van der Waals surface area contributed by atoms with Gasteiger partial charge in [0.25, 0.3) is 0 Å². The van der Waals surface area contributed by atoms with Crippen LogP contribution in [-0.2, 0) is 11.2 Å². The molecule has 1 aliphatic heterocycles. The van der Waals surface area contributed by atoms with Gasteiger partial charge in [-0.1, -0.05) is 51.1 Å². The monoisotopic (exact) mass is 266 g/mol. The van der Waals surface area contributed by atoms with Crippen LogP contribution in [0.15, 0.2) is 41.5 Å². The van der Waals surface area contributed by atoms with Crippen molar-refractivity contribution in [3.8, 4) is 0 Å². The van der Waals surface area contributed by atoms with E-state index >= 15 is 0 Å². The van der Waals surface area contributed by atoms with Gasteiger partial charge in [-0.2, -0.15) is 0 Å². The maximum Gasteiger partial charge on any atom is 0.121 e. The van der Waals surface area contributed by atoms with Crippen LogP contribution in [0, 0.1) is 5.41 Å². The highest BCUT2D eigenvalue weighted by Gasteiger charge is 2.70. The quantitative estimate of drug-likeness (QED) is 0.628. The van der Waals surface area contributed by atoms with Crippen LogP contribution >= 0.6 is 0 Å². The molecule has 0 aromatic heterocycles. The highest BCUT2D eigenvalue weighted by molar-refractivity contribution is 5.88. The molecule has 0 N–H and O–H groups in total. The minimum Gasteiger partial charge on any atom is -0.354 e. The van der Waals surface area contributed by atoms with Gasteiger partial charge in [-0.3, -0.25) is 0 Å². The lowest BCUT2D eigenvalue weighted by molar-refractivity contribution is 0.289. The molecule has 1 heteroatoms. The maximum atomic E-state index is 6.31. The van der Waals surface area contributed by atoms with Crippen molar-refractivity contribution < 1.29 is 4.74 Å². The largest absolute Gasteiger partial charge is 0.354 e. The van der Waals surface area contributed by atoms with Crippen LogP contribution < -0.4 is 0 Å². The van der Waals surface area contributed by atoms with Crippen molar-refractivity contribution in [2.24, 2.45) is 5.41 Å². The molecule has 1 aromatic rings. The van der Waals surface area contributed by atoms with Crippen molar-refractivity contribution in [3.63, 3.8) is 0 Å². The molecular weight excluding hydrogens is 244 g/mol. The van der Waals surface area contributed by atoms with E-state index < -0.39 is 0 Å². The Kier molecular flexibility index (Phi) is 2.03. The predicted octanol–water partition coefficient (Wildman–Crippen LogP) is 4.53. The van der Waals surface area contributed by atoms with Crippen molar-refractivity contribution in [1.82, 2.24) is 0 Å². The van der Waals surface area contributed by atoms with E-state index in [2.05, 4.69) is 65.0 Å². The third-order valence-electron chi connectivity index (χ3n) is 5.46. The highest BCUT2D eigenvalue weighted by atomic mass is 16.6. The second-order valence-electron chi connectivity index (χ2n) is 7.70. The van der Waals surface area contributed by atoms with Gasteiger partial charge in [0.15, 0.2) is 0 Å². The molecule has 0 bridgehead atoms. The first-order valence-electron chi connectivity index (χ1n) is 7.52. The van der Waals surface area contributed by atoms with Gasteiger partial charge >= 0.3 is 0 Å². The third-order valence-corrected chi connectivity index (χ3v) is 5.46. The van der Waals surface area contributed by atoms with Gasteiger partial charge in [-0.05, 0) is 53.5 Å². The van der Waals surface area contributed by atoms with Gasteiger partial charge in [-0.25, -0.2) is 0 Å². The molecule has 104 valence electrons. The summed E-state index contributed by atoms with van der Waals surface area (Å²) in [5.74, 6) is 0. The van der Waals surface area contributed by atoms with Crippen LogP contribution in [0.1, 0.15) is 45.7 Å². The summed E-state index contributed by atoms with van der Waals surface area (Å²) in [7, 11) is 0. The molecule has 2 aliphatic carbocycles. The molecule has 1 aromatic carbocycles. The number of epoxide rings is 1. The Bertz CT molecular complexity index is 686. The predicted molar refractivity (Wildman–Crippen MR) is 82.5 cm³/mol. The Balaban J connectivity index is 1.95. The van der Waals surface area contributed by atoms with Crippen LogP contribution in [0.3, 0.4) is 0 Å². The minimum absolute atomic E-state index is 0.0985. The summed E-state index contributed by atoms with van der Waals surface area (Å²) >= 11 is 0. The molecule has 0 amide bonds. The number of hydrogen-bond donors (Lipinski definition) is 0. The lowest BCUT2D eigenvalue weighted by Crippen LogP contribution is -2.33. The van der Waals surface area contributed by atoms with Gasteiger partial charge < -0.3 is 4.74 Å². The summed E-state index contributed by atoms with van der Waals surface area (Å²) in [6.45, 7) is 11.4. The van der Waals surface area contributed by atoms with E-state index in [9.17, 15) is 0 Å². The van der Waals surface area contributed by atoms with Gasteiger partial charge in [0.2, 0.25) is 0 Å². The van der Waals surface area contributed by atoms with Gasteiger partial charge in [0.1, 0.15) is 11.2 Å². The number of benzene rings is 1. The Hall–Kier alpha value is -1.34. The first-order valence-corrected chi connectivity index (χ1v) is 7.52. The fourth-order valence-electron chi connectivity index (χ4n) is 4.23. The van der Waals surface area contributed by atoms with E-state index in [0.29, 0.717) is 0 Å². The van der Waals surface area contributed by atoms with E-state index in [1.807, 2.05) is 0 Å². The normalized spacial score (nSPS) is 34.4. The van der Waals surface area contributed by atoms with Gasteiger partial charge in [0, 0.05) is 0 Å². The lowest BCUT2D eigenvalue weighted by atomic mass is 9.68. The Morgan fingerprint density at radius 3 is 2.45 bits per heavy atom. The molecule has 0 spiro atoms. The molecule has 2 atom stereocenters. The summed E-state index contributed by atoms with van der Waals surface area (Å²) in [5, 5.41) is 0. The summed E-state index contributed by atoms with van der Waals surface area (Å²) in [4.78, 5) is 0. The molecule has 4 rings (SSSR count). The molecule has 0 saturated carbocycles. The van der Waals surface area contributed by atoms with E-state index in [4.69, 9.17) is 4.74 Å². The Morgan fingerprint density at radius 2 is 1.75 bits per heavy atom. The van der Waals surface area contributed by atoms with Gasteiger partial charge in [0.05, 0.1) is 0 Å². The number of hydrogen-bond acceptors (Lipinski definition) is 1. The molecular formula is C19H22O. The number of fused-ring (bicyclic) bond motifs is 4. The van der Waals surface area contributed by atoms with Crippen LogP contribution in [0.25, 0.3) is 5.57 Å². The fraction of sp³-hybridized carbons (Fsp3) is 0.474. The van der Waals surface area contributed by atoms with E-state index in [-0.39, 0.29) is 16.6 Å². The average Bonchev–Trinajstić information content (AvgIpc) is 2.78.